The fourth-order valence-corrected chi connectivity index (χ4v) is 1.00. The van der Waals surface area contributed by atoms with E-state index in [0.29, 0.717) is 12.5 Å². The highest BCUT2D eigenvalue weighted by atomic mass is 16.5. The van der Waals surface area contributed by atoms with Crippen molar-refractivity contribution < 1.29 is 4.74 Å². The monoisotopic (exact) mass is 162 g/mol. The lowest BCUT2D eigenvalue weighted by Crippen LogP contribution is -1.88. The van der Waals surface area contributed by atoms with Gasteiger partial charge in [0.05, 0.1) is 6.61 Å². The van der Waals surface area contributed by atoms with E-state index < -0.39 is 0 Å². The second kappa shape index (κ2) is 4.13. The van der Waals surface area contributed by atoms with Gasteiger partial charge in [-0.25, -0.2) is 0 Å². The van der Waals surface area contributed by atoms with E-state index in [4.69, 9.17) is 4.74 Å². The van der Waals surface area contributed by atoms with Crippen LogP contribution in [0.15, 0.2) is 12.1 Å². The first-order chi connectivity index (χ1) is 5.74. The molecule has 64 valence electrons. The second-order valence-corrected chi connectivity index (χ2v) is 3.15. The second-order valence-electron chi connectivity index (χ2n) is 3.15. The summed E-state index contributed by atoms with van der Waals surface area (Å²) in [5.74, 6) is 0.526. The summed E-state index contributed by atoms with van der Waals surface area (Å²) in [6, 6.07) is 10.3. The van der Waals surface area contributed by atoms with E-state index in [0.717, 1.165) is 5.56 Å². The van der Waals surface area contributed by atoms with Gasteiger partial charge in [-0.05, 0) is 18.1 Å². The van der Waals surface area contributed by atoms with Crippen LogP contribution >= 0.6 is 0 Å². The number of ether oxygens (including phenoxy) is 1. The largest absolute Gasteiger partial charge is 0.379 e. The molecule has 0 atom stereocenters. The fraction of sp³-hybridized carbons (Fsp3) is 0.455. The van der Waals surface area contributed by atoms with E-state index in [1.165, 1.54) is 5.56 Å². The summed E-state index contributed by atoms with van der Waals surface area (Å²) in [7, 11) is 1.68. The van der Waals surface area contributed by atoms with Crippen molar-refractivity contribution in [2.45, 2.75) is 26.4 Å². The van der Waals surface area contributed by atoms with Gasteiger partial charge in [0.25, 0.3) is 0 Å². The molecule has 0 saturated heterocycles. The Bertz CT molecular complexity index is 223. The van der Waals surface area contributed by atoms with E-state index in [1.807, 2.05) is 6.07 Å². The van der Waals surface area contributed by atoms with Crippen LogP contribution in [0.1, 0.15) is 30.9 Å². The molecule has 0 amide bonds. The summed E-state index contributed by atoms with van der Waals surface area (Å²) in [6.45, 7) is 4.92. The van der Waals surface area contributed by atoms with Crippen LogP contribution in [0, 0.1) is 12.1 Å². The summed E-state index contributed by atoms with van der Waals surface area (Å²) in [4.78, 5) is 0. The molecule has 12 heavy (non-hydrogen) atoms. The smallest absolute Gasteiger partial charge is 0.0791 e. The van der Waals surface area contributed by atoms with Crippen molar-refractivity contribution in [2.24, 2.45) is 0 Å². The highest BCUT2D eigenvalue weighted by Gasteiger charge is 1.96. The van der Waals surface area contributed by atoms with Crippen LogP contribution in [0.3, 0.4) is 0 Å². The van der Waals surface area contributed by atoms with Gasteiger partial charge in [0.2, 0.25) is 0 Å². The van der Waals surface area contributed by atoms with Crippen molar-refractivity contribution >= 4 is 0 Å². The van der Waals surface area contributed by atoms with Crippen molar-refractivity contribution in [2.75, 3.05) is 7.11 Å². The van der Waals surface area contributed by atoms with Crippen LogP contribution in [0.4, 0.5) is 0 Å². The maximum Gasteiger partial charge on any atom is 0.0791 e. The molecule has 0 unspecified atom stereocenters. The molecule has 0 spiro atoms. The molecule has 1 nitrogen and oxygen atoms in total. The van der Waals surface area contributed by atoms with E-state index in [1.54, 1.807) is 7.11 Å². The Morgan fingerprint density at radius 1 is 1.33 bits per heavy atom. The first-order valence-corrected chi connectivity index (χ1v) is 4.15. The molecule has 0 bridgehead atoms. The number of hydrogen-bond donors (Lipinski definition) is 0. The molecule has 0 N–H and O–H groups in total. The molecule has 1 rings (SSSR count). The minimum Gasteiger partial charge on any atom is -0.379 e. The van der Waals surface area contributed by atoms with Crippen molar-refractivity contribution in [3.8, 4) is 0 Å². The van der Waals surface area contributed by atoms with Crippen molar-refractivity contribution in [1.29, 1.82) is 0 Å². The molecule has 0 aliphatic carbocycles. The summed E-state index contributed by atoms with van der Waals surface area (Å²) >= 11 is 0. The van der Waals surface area contributed by atoms with Gasteiger partial charge in [-0.15, -0.1) is 0 Å². The zero-order valence-electron chi connectivity index (χ0n) is 7.85. The van der Waals surface area contributed by atoms with Gasteiger partial charge < -0.3 is 4.74 Å². The van der Waals surface area contributed by atoms with Gasteiger partial charge in [0.15, 0.2) is 0 Å². The van der Waals surface area contributed by atoms with E-state index in [-0.39, 0.29) is 0 Å². The summed E-state index contributed by atoms with van der Waals surface area (Å²) < 4.78 is 4.98. The van der Waals surface area contributed by atoms with Gasteiger partial charge in [-0.3, -0.25) is 0 Å². The third-order valence-electron chi connectivity index (χ3n) is 1.75. The highest BCUT2D eigenvalue weighted by Crippen LogP contribution is 2.11. The van der Waals surface area contributed by atoms with Crippen molar-refractivity contribution in [1.82, 2.24) is 0 Å². The highest BCUT2D eigenvalue weighted by molar-refractivity contribution is 5.17. The molecule has 0 fully saturated rings. The van der Waals surface area contributed by atoms with Crippen LogP contribution in [0.25, 0.3) is 0 Å². The van der Waals surface area contributed by atoms with Crippen LogP contribution < -0.4 is 0 Å². The van der Waals surface area contributed by atoms with Crippen LogP contribution in [-0.2, 0) is 11.3 Å². The SMILES string of the molecule is COCc1c#cc(C(C)C)cc1. The maximum absolute atomic E-state index is 4.98. The lowest BCUT2D eigenvalue weighted by molar-refractivity contribution is 0.185. The molecule has 1 aromatic carbocycles. The standard InChI is InChI=1S/C11H14O/c1-9(2)11-6-4-10(5-7-11)8-12-3/h4,6,9H,8H2,1-3H3. The first kappa shape index (κ1) is 9.09. The van der Waals surface area contributed by atoms with Crippen LogP contribution in [0.2, 0.25) is 0 Å². The molecule has 0 saturated carbocycles. The first-order valence-electron chi connectivity index (χ1n) is 4.15. The van der Waals surface area contributed by atoms with Gasteiger partial charge >= 0.3 is 0 Å². The minimum absolute atomic E-state index is 0.526. The fourth-order valence-electron chi connectivity index (χ4n) is 1.00. The Kier molecular flexibility index (Phi) is 3.13. The number of rotatable bonds is 3. The predicted molar refractivity (Wildman–Crippen MR) is 48.9 cm³/mol. The molecule has 0 aliphatic heterocycles. The summed E-state index contributed by atoms with van der Waals surface area (Å²) in [6.07, 6.45) is 0. The van der Waals surface area contributed by atoms with Crippen molar-refractivity contribution in [3.63, 3.8) is 0 Å². The van der Waals surface area contributed by atoms with Gasteiger partial charge in [0, 0.05) is 18.2 Å². The number of hydrogen-bond acceptors (Lipinski definition) is 1. The zero-order valence-corrected chi connectivity index (χ0v) is 7.85. The van der Waals surface area contributed by atoms with Gasteiger partial charge in [0.1, 0.15) is 0 Å². The Morgan fingerprint density at radius 3 is 2.50 bits per heavy atom. The lowest BCUT2D eigenvalue weighted by atomic mass is 10.0. The Labute approximate surface area is 74.4 Å². The number of methoxy groups -OCH3 is 1. The molecular formula is C11H14O. The van der Waals surface area contributed by atoms with Gasteiger partial charge in [-0.1, -0.05) is 26.0 Å². The molecule has 0 aromatic heterocycles. The molecular weight excluding hydrogens is 148 g/mol. The molecule has 1 heteroatoms. The quantitative estimate of drug-likeness (QED) is 0.663. The van der Waals surface area contributed by atoms with E-state index in [2.05, 4.69) is 32.0 Å². The Hall–Kier alpha value is -1.00. The molecule has 0 aliphatic rings. The van der Waals surface area contributed by atoms with Crippen LogP contribution in [-0.4, -0.2) is 7.11 Å². The van der Waals surface area contributed by atoms with Crippen LogP contribution in [0.5, 0.6) is 0 Å². The maximum atomic E-state index is 4.98. The normalized spacial score (nSPS) is 10.0. The molecule has 0 radical (unpaired) electrons. The third kappa shape index (κ3) is 2.25. The summed E-state index contributed by atoms with van der Waals surface area (Å²) in [5, 5.41) is 0. The average molecular weight is 162 g/mol. The van der Waals surface area contributed by atoms with E-state index >= 15 is 0 Å². The predicted octanol–water partition coefficient (Wildman–Crippen LogP) is 2.56. The average Bonchev–Trinajstić information content (AvgIpc) is 2.06. The minimum atomic E-state index is 0.526. The Morgan fingerprint density at radius 2 is 2.08 bits per heavy atom. The van der Waals surface area contributed by atoms with Gasteiger partial charge in [-0.2, -0.15) is 0 Å². The Balaban J connectivity index is 2.71. The third-order valence-corrected chi connectivity index (χ3v) is 1.75. The molecule has 1 aromatic rings. The zero-order chi connectivity index (χ0) is 8.97. The molecule has 0 heterocycles. The summed E-state index contributed by atoms with van der Waals surface area (Å²) in [5.41, 5.74) is 2.26. The van der Waals surface area contributed by atoms with E-state index in [9.17, 15) is 0 Å². The topological polar surface area (TPSA) is 9.23 Å². The van der Waals surface area contributed by atoms with Crippen molar-refractivity contribution in [3.05, 3.63) is 35.4 Å². The lowest BCUT2D eigenvalue weighted by Gasteiger charge is -2.01.